The summed E-state index contributed by atoms with van der Waals surface area (Å²) in [6, 6.07) is 0.291. The highest BCUT2D eigenvalue weighted by Gasteiger charge is 2.72. The number of hydrogen-bond donors (Lipinski definition) is 4. The quantitative estimate of drug-likeness (QED) is 0.335. The predicted molar refractivity (Wildman–Crippen MR) is 73.8 cm³/mol. The number of nitrogens with two attached hydrogens (primary N) is 1. The maximum atomic E-state index is 11.7. The molecule has 5 rings (SSSR count). The van der Waals surface area contributed by atoms with Crippen LogP contribution in [0.1, 0.15) is 44.9 Å². The number of carbonyl (C=O) groups is 1. The molecule has 5 nitrogen and oxygen atoms in total. The van der Waals surface area contributed by atoms with Gasteiger partial charge in [0.25, 0.3) is 5.91 Å². The summed E-state index contributed by atoms with van der Waals surface area (Å²) in [5.74, 6) is 8.17. The van der Waals surface area contributed by atoms with Crippen LogP contribution in [0, 0.1) is 28.6 Å². The maximum Gasteiger partial charge on any atom is 0.252 e. The molecule has 0 radical (unpaired) electrons. The van der Waals surface area contributed by atoms with E-state index >= 15 is 0 Å². The van der Waals surface area contributed by atoms with Crippen molar-refractivity contribution in [2.75, 3.05) is 0 Å². The minimum Gasteiger partial charge on any atom is -0.293 e. The van der Waals surface area contributed by atoms with Gasteiger partial charge in [0, 0.05) is 6.04 Å². The van der Waals surface area contributed by atoms with E-state index in [0.29, 0.717) is 11.5 Å². The van der Waals surface area contributed by atoms with Crippen LogP contribution < -0.4 is 22.1 Å². The lowest BCUT2D eigenvalue weighted by molar-refractivity contribution is -0.123. The fourth-order valence-electron chi connectivity index (χ4n) is 7.06. The summed E-state index contributed by atoms with van der Waals surface area (Å²) < 4.78 is 0. The molecule has 7 unspecified atom stereocenters. The first-order valence-corrected chi connectivity index (χ1v) is 8.17. The van der Waals surface area contributed by atoms with Gasteiger partial charge in [0.05, 0.1) is 0 Å². The molecule has 1 amide bonds. The monoisotopic (exact) mass is 276 g/mol. The largest absolute Gasteiger partial charge is 0.293 e. The van der Waals surface area contributed by atoms with Crippen LogP contribution in [0.15, 0.2) is 0 Å². The molecule has 4 aliphatic carbocycles. The van der Waals surface area contributed by atoms with Gasteiger partial charge in [-0.25, -0.2) is 11.3 Å². The fraction of sp³-hybridized carbons (Fsp3) is 0.933. The van der Waals surface area contributed by atoms with Crippen LogP contribution in [0.3, 0.4) is 0 Å². The van der Waals surface area contributed by atoms with Gasteiger partial charge in [0.2, 0.25) is 0 Å². The van der Waals surface area contributed by atoms with Crippen molar-refractivity contribution >= 4 is 5.91 Å². The number of hydrazine groups is 2. The van der Waals surface area contributed by atoms with Crippen molar-refractivity contribution in [3.63, 3.8) is 0 Å². The van der Waals surface area contributed by atoms with Crippen molar-refractivity contribution < 1.29 is 4.79 Å². The number of carbonyl (C=O) groups excluding carboxylic acids is 1. The average molecular weight is 276 g/mol. The van der Waals surface area contributed by atoms with E-state index in [2.05, 4.69) is 16.3 Å². The van der Waals surface area contributed by atoms with E-state index in [4.69, 9.17) is 5.84 Å². The molecule has 3 bridgehead atoms. The van der Waals surface area contributed by atoms with Gasteiger partial charge in [-0.15, -0.1) is 0 Å². The smallest absolute Gasteiger partial charge is 0.252 e. The zero-order valence-electron chi connectivity index (χ0n) is 11.8. The standard InChI is InChI=1S/C15H24N4O/c16-17-13(20)11-3-12(19-18-11)14-4-8-1-9-2-10(6-14)15(9,5-8)7-14/h8-12,18-19H,1-7,16H2,(H,17,20). The number of amides is 1. The number of hydrogen-bond acceptors (Lipinski definition) is 4. The van der Waals surface area contributed by atoms with Crippen LogP contribution in [-0.4, -0.2) is 18.0 Å². The minimum absolute atomic E-state index is 0.0906. The SMILES string of the molecule is NNC(=O)C1CC(C23CC4CC5CC(C2)C5(C4)C3)NN1. The van der Waals surface area contributed by atoms with E-state index in [-0.39, 0.29) is 11.9 Å². The maximum absolute atomic E-state index is 11.7. The molecule has 7 atom stereocenters. The summed E-state index contributed by atoms with van der Waals surface area (Å²) in [6.45, 7) is 0. The second-order valence-corrected chi connectivity index (χ2v) is 8.25. The molecule has 0 aromatic carbocycles. The molecule has 1 heterocycles. The first-order valence-electron chi connectivity index (χ1n) is 8.17. The van der Waals surface area contributed by atoms with Crippen molar-refractivity contribution in [2.45, 2.75) is 57.0 Å². The highest BCUT2D eigenvalue weighted by atomic mass is 16.2. The molecule has 20 heavy (non-hydrogen) atoms. The Morgan fingerprint density at radius 2 is 2.00 bits per heavy atom. The van der Waals surface area contributed by atoms with E-state index in [0.717, 1.165) is 29.6 Å². The van der Waals surface area contributed by atoms with Crippen LogP contribution in [0.2, 0.25) is 0 Å². The second-order valence-electron chi connectivity index (χ2n) is 8.25. The lowest BCUT2D eigenvalue weighted by Gasteiger charge is -2.49. The Kier molecular flexibility index (Phi) is 2.13. The molecular formula is C15H24N4O. The molecule has 1 spiro atoms. The summed E-state index contributed by atoms with van der Waals surface area (Å²) in [7, 11) is 0. The van der Waals surface area contributed by atoms with Gasteiger partial charge in [-0.3, -0.25) is 15.6 Å². The van der Waals surface area contributed by atoms with Gasteiger partial charge >= 0.3 is 0 Å². The fourth-order valence-corrected chi connectivity index (χ4v) is 7.06. The third-order valence-electron chi connectivity index (χ3n) is 7.61. The molecule has 4 saturated carbocycles. The molecule has 5 N–H and O–H groups in total. The lowest BCUT2D eigenvalue weighted by Crippen LogP contribution is -2.47. The van der Waals surface area contributed by atoms with Gasteiger partial charge in [-0.05, 0) is 73.5 Å². The van der Waals surface area contributed by atoms with Crippen molar-refractivity contribution in [1.82, 2.24) is 16.3 Å². The first-order chi connectivity index (χ1) is 9.65. The van der Waals surface area contributed by atoms with Gasteiger partial charge in [-0.1, -0.05) is 0 Å². The van der Waals surface area contributed by atoms with Crippen LogP contribution in [0.4, 0.5) is 0 Å². The van der Waals surface area contributed by atoms with Crippen LogP contribution in [-0.2, 0) is 4.79 Å². The number of rotatable bonds is 2. The van der Waals surface area contributed by atoms with E-state index in [1.807, 2.05) is 0 Å². The molecular weight excluding hydrogens is 252 g/mol. The minimum atomic E-state index is -0.162. The van der Waals surface area contributed by atoms with Crippen molar-refractivity contribution in [3.05, 3.63) is 0 Å². The van der Waals surface area contributed by atoms with Gasteiger partial charge < -0.3 is 0 Å². The first kappa shape index (κ1) is 12.0. The van der Waals surface area contributed by atoms with Crippen molar-refractivity contribution in [1.29, 1.82) is 0 Å². The Bertz CT molecular complexity index is 478. The molecule has 5 heteroatoms. The Hall–Kier alpha value is -0.650. The third kappa shape index (κ3) is 1.23. The molecule has 0 aromatic rings. The van der Waals surface area contributed by atoms with Crippen LogP contribution in [0.5, 0.6) is 0 Å². The molecule has 1 saturated heterocycles. The van der Waals surface area contributed by atoms with E-state index < -0.39 is 0 Å². The highest BCUT2D eigenvalue weighted by Crippen LogP contribution is 2.79. The third-order valence-corrected chi connectivity index (χ3v) is 7.61. The highest BCUT2D eigenvalue weighted by molar-refractivity contribution is 5.81. The lowest BCUT2D eigenvalue weighted by atomic mass is 9.55. The topological polar surface area (TPSA) is 79.2 Å². The van der Waals surface area contributed by atoms with Gasteiger partial charge in [0.1, 0.15) is 6.04 Å². The van der Waals surface area contributed by atoms with Crippen LogP contribution >= 0.6 is 0 Å². The summed E-state index contributed by atoms with van der Waals surface area (Å²) >= 11 is 0. The number of fused-ring (bicyclic) bond motifs is 2. The number of nitrogens with one attached hydrogen (secondary N) is 3. The summed E-state index contributed by atoms with van der Waals surface area (Å²) in [4.78, 5) is 11.7. The van der Waals surface area contributed by atoms with E-state index in [9.17, 15) is 4.79 Å². The normalized spacial score (nSPS) is 58.5. The summed E-state index contributed by atoms with van der Waals surface area (Å²) in [5.41, 5.74) is 10.1. The van der Waals surface area contributed by atoms with Gasteiger partial charge in [-0.2, -0.15) is 0 Å². The Labute approximate surface area is 119 Å². The summed E-state index contributed by atoms with van der Waals surface area (Å²) in [6.07, 6.45) is 9.59. The molecule has 1 aliphatic heterocycles. The van der Waals surface area contributed by atoms with Gasteiger partial charge in [0.15, 0.2) is 0 Å². The van der Waals surface area contributed by atoms with E-state index in [1.165, 1.54) is 38.5 Å². The molecule has 0 aromatic heterocycles. The second kappa shape index (κ2) is 3.57. The van der Waals surface area contributed by atoms with Crippen molar-refractivity contribution in [2.24, 2.45) is 34.4 Å². The van der Waals surface area contributed by atoms with Crippen LogP contribution in [0.25, 0.3) is 0 Å². The molecule has 110 valence electrons. The zero-order valence-corrected chi connectivity index (χ0v) is 11.8. The Morgan fingerprint density at radius 3 is 2.85 bits per heavy atom. The van der Waals surface area contributed by atoms with Crippen molar-refractivity contribution in [3.8, 4) is 0 Å². The Morgan fingerprint density at radius 1 is 1.10 bits per heavy atom. The molecule has 5 fully saturated rings. The zero-order chi connectivity index (χ0) is 13.5. The average Bonchev–Trinajstić information content (AvgIpc) is 3.05. The Balaban J connectivity index is 1.41. The molecule has 5 aliphatic rings. The predicted octanol–water partition coefficient (Wildman–Crippen LogP) is 0.428. The van der Waals surface area contributed by atoms with E-state index in [1.54, 1.807) is 0 Å². The summed E-state index contributed by atoms with van der Waals surface area (Å²) in [5, 5.41) is 0.